The SMILES string of the molecule is c1cc2nc(c1)CN1CCCCCNCc3cccc(n3)CN(CCCCCNC2)Cc2cccc(n2)C1. The standard InChI is InChI=1S/C31H43N7/c1-3-16-32-20-26-10-7-13-29(34-26)23-38-19-6-2-4-17-33-21-27-11-8-12-28(35-27)22-37(18-5-1)24-30-14-9-15-31(25-38)36-30/h7-15,32-33H,1-6,16-25H2. The molecule has 0 amide bonds. The fourth-order valence-corrected chi connectivity index (χ4v) is 5.44. The second-order valence-corrected chi connectivity index (χ2v) is 10.8. The van der Waals surface area contributed by atoms with Gasteiger partial charge in [-0.25, -0.2) is 0 Å². The second-order valence-electron chi connectivity index (χ2n) is 10.8. The van der Waals surface area contributed by atoms with Gasteiger partial charge in [-0.1, -0.05) is 31.0 Å². The molecule has 0 aromatic carbocycles. The van der Waals surface area contributed by atoms with Crippen molar-refractivity contribution >= 4 is 0 Å². The van der Waals surface area contributed by atoms with E-state index >= 15 is 0 Å². The van der Waals surface area contributed by atoms with Crippen LogP contribution in [0.1, 0.15) is 72.7 Å². The van der Waals surface area contributed by atoms with Crippen LogP contribution in [0.3, 0.4) is 0 Å². The number of nitrogens with zero attached hydrogens (tertiary/aromatic N) is 5. The topological polar surface area (TPSA) is 69.2 Å². The van der Waals surface area contributed by atoms with Crippen molar-refractivity contribution in [2.45, 2.75) is 77.8 Å². The number of hydrogen-bond acceptors (Lipinski definition) is 7. The minimum Gasteiger partial charge on any atom is -0.311 e. The zero-order chi connectivity index (χ0) is 25.8. The van der Waals surface area contributed by atoms with Crippen LogP contribution < -0.4 is 10.6 Å². The van der Waals surface area contributed by atoms with Crippen LogP contribution >= 0.6 is 0 Å². The van der Waals surface area contributed by atoms with Crippen LogP contribution in [0.2, 0.25) is 0 Å². The van der Waals surface area contributed by atoms with E-state index < -0.39 is 0 Å². The Balaban J connectivity index is 1.42. The quantitative estimate of drug-likeness (QED) is 0.461. The van der Waals surface area contributed by atoms with Crippen molar-refractivity contribution in [3.8, 4) is 0 Å². The van der Waals surface area contributed by atoms with Gasteiger partial charge in [-0.15, -0.1) is 0 Å². The maximum absolute atomic E-state index is 5.14. The Hall–Kier alpha value is -2.71. The van der Waals surface area contributed by atoms with Crippen molar-refractivity contribution in [2.75, 3.05) is 26.2 Å². The molecule has 0 fully saturated rings. The Morgan fingerprint density at radius 3 is 1.24 bits per heavy atom. The summed E-state index contributed by atoms with van der Waals surface area (Å²) in [6.07, 6.45) is 7.10. The number of hydrogen-bond donors (Lipinski definition) is 2. The highest BCUT2D eigenvalue weighted by molar-refractivity contribution is 5.15. The van der Waals surface area contributed by atoms with E-state index in [-0.39, 0.29) is 0 Å². The minimum atomic E-state index is 0.832. The van der Waals surface area contributed by atoms with Gasteiger partial charge in [0.15, 0.2) is 0 Å². The van der Waals surface area contributed by atoms with Crippen molar-refractivity contribution in [1.82, 2.24) is 35.4 Å². The fourth-order valence-electron chi connectivity index (χ4n) is 5.44. The molecule has 202 valence electrons. The van der Waals surface area contributed by atoms with E-state index in [9.17, 15) is 0 Å². The summed E-state index contributed by atoms with van der Waals surface area (Å²) in [5, 5.41) is 7.22. The summed E-state index contributed by atoms with van der Waals surface area (Å²) in [5.74, 6) is 0. The van der Waals surface area contributed by atoms with E-state index in [1.807, 2.05) is 0 Å². The molecule has 0 aliphatic carbocycles. The number of rotatable bonds is 0. The lowest BCUT2D eigenvalue weighted by Crippen LogP contribution is -2.28. The van der Waals surface area contributed by atoms with Crippen LogP contribution in [0.15, 0.2) is 54.6 Å². The van der Waals surface area contributed by atoms with Crippen LogP contribution in [0.25, 0.3) is 0 Å². The summed E-state index contributed by atoms with van der Waals surface area (Å²) in [4.78, 5) is 20.2. The molecular formula is C31H43N7. The van der Waals surface area contributed by atoms with Crippen molar-refractivity contribution in [3.63, 3.8) is 0 Å². The summed E-state index contributed by atoms with van der Waals surface area (Å²) in [6, 6.07) is 19.5. The molecule has 5 heterocycles. The zero-order valence-corrected chi connectivity index (χ0v) is 22.7. The van der Waals surface area contributed by atoms with E-state index in [1.165, 1.54) is 38.5 Å². The third-order valence-electron chi connectivity index (χ3n) is 7.40. The van der Waals surface area contributed by atoms with E-state index in [0.29, 0.717) is 0 Å². The molecule has 2 N–H and O–H groups in total. The molecule has 2 aliphatic heterocycles. The number of nitrogens with one attached hydrogen (secondary N) is 2. The summed E-state index contributed by atoms with van der Waals surface area (Å²) in [7, 11) is 0. The molecule has 7 heteroatoms. The normalized spacial score (nSPS) is 22.4. The van der Waals surface area contributed by atoms with E-state index in [2.05, 4.69) is 75.0 Å². The molecule has 3 aromatic heterocycles. The first-order valence-corrected chi connectivity index (χ1v) is 14.5. The fraction of sp³-hybridized carbons (Fsp3) is 0.516. The van der Waals surface area contributed by atoms with Gasteiger partial charge in [0.1, 0.15) is 0 Å². The van der Waals surface area contributed by atoms with Gasteiger partial charge in [0.2, 0.25) is 0 Å². The van der Waals surface area contributed by atoms with Gasteiger partial charge in [-0.2, -0.15) is 0 Å². The molecule has 5 rings (SSSR count). The monoisotopic (exact) mass is 513 g/mol. The molecule has 7 nitrogen and oxygen atoms in total. The van der Waals surface area contributed by atoms with Gasteiger partial charge in [0, 0.05) is 39.3 Å². The summed E-state index contributed by atoms with van der Waals surface area (Å²) < 4.78 is 0. The molecule has 0 spiro atoms. The molecule has 8 bridgehead atoms. The average Bonchev–Trinajstić information content (AvgIpc) is 2.91. The lowest BCUT2D eigenvalue weighted by atomic mass is 10.2. The van der Waals surface area contributed by atoms with Crippen molar-refractivity contribution < 1.29 is 0 Å². The molecule has 3 aromatic rings. The highest BCUT2D eigenvalue weighted by Gasteiger charge is 2.14. The highest BCUT2D eigenvalue weighted by Crippen LogP contribution is 2.15. The van der Waals surface area contributed by atoms with Gasteiger partial charge in [0.05, 0.1) is 34.2 Å². The zero-order valence-electron chi connectivity index (χ0n) is 22.7. The smallest absolute Gasteiger partial charge is 0.0548 e. The first-order valence-electron chi connectivity index (χ1n) is 14.5. The summed E-state index contributed by atoms with van der Waals surface area (Å²) in [6.45, 7) is 9.21. The van der Waals surface area contributed by atoms with Crippen molar-refractivity contribution in [1.29, 1.82) is 0 Å². The van der Waals surface area contributed by atoms with Gasteiger partial charge >= 0.3 is 0 Å². The van der Waals surface area contributed by atoms with E-state index in [4.69, 9.17) is 15.0 Å². The lowest BCUT2D eigenvalue weighted by Gasteiger charge is -2.24. The second kappa shape index (κ2) is 14.4. The molecule has 2 aliphatic rings. The maximum atomic E-state index is 5.14. The van der Waals surface area contributed by atoms with Crippen molar-refractivity contribution in [3.05, 3.63) is 88.8 Å². The number of aromatic nitrogens is 3. The van der Waals surface area contributed by atoms with E-state index in [0.717, 1.165) is 99.6 Å². The Morgan fingerprint density at radius 2 is 0.816 bits per heavy atom. The Bertz CT molecular complexity index is 1050. The first-order chi connectivity index (χ1) is 18.8. The van der Waals surface area contributed by atoms with Crippen LogP contribution in [-0.4, -0.2) is 50.9 Å². The Labute approximate surface area is 228 Å². The van der Waals surface area contributed by atoms with Gasteiger partial charge < -0.3 is 10.6 Å². The lowest BCUT2D eigenvalue weighted by molar-refractivity contribution is 0.237. The Kier molecular flexibility index (Phi) is 10.2. The van der Waals surface area contributed by atoms with E-state index in [1.54, 1.807) is 0 Å². The van der Waals surface area contributed by atoms with Crippen LogP contribution in [-0.2, 0) is 39.3 Å². The predicted octanol–water partition coefficient (Wildman–Crippen LogP) is 4.42. The molecular weight excluding hydrogens is 470 g/mol. The third kappa shape index (κ3) is 8.67. The van der Waals surface area contributed by atoms with Gasteiger partial charge in [-0.05, 0) is 88.3 Å². The number of fused-ring (bicyclic) bond motifs is 6. The average molecular weight is 514 g/mol. The number of pyridine rings is 3. The molecule has 2 unspecified atom stereocenters. The highest BCUT2D eigenvalue weighted by atomic mass is 15.2. The molecule has 0 radical (unpaired) electrons. The molecule has 38 heavy (non-hydrogen) atoms. The van der Waals surface area contributed by atoms with Gasteiger partial charge in [0.25, 0.3) is 0 Å². The summed E-state index contributed by atoms with van der Waals surface area (Å²) >= 11 is 0. The van der Waals surface area contributed by atoms with Crippen LogP contribution in [0, 0.1) is 0 Å². The maximum Gasteiger partial charge on any atom is 0.0548 e. The third-order valence-corrected chi connectivity index (χ3v) is 7.40. The van der Waals surface area contributed by atoms with Crippen LogP contribution in [0.5, 0.6) is 0 Å². The molecule has 2 atom stereocenters. The predicted molar refractivity (Wildman–Crippen MR) is 152 cm³/mol. The van der Waals surface area contributed by atoms with Crippen LogP contribution in [0.4, 0.5) is 0 Å². The minimum absolute atomic E-state index is 0.832. The molecule has 0 saturated heterocycles. The largest absolute Gasteiger partial charge is 0.311 e. The summed E-state index contributed by atoms with van der Waals surface area (Å²) in [5.41, 5.74) is 6.83. The first kappa shape index (κ1) is 26.9. The van der Waals surface area contributed by atoms with Gasteiger partial charge in [-0.3, -0.25) is 24.8 Å². The Morgan fingerprint density at radius 1 is 0.447 bits per heavy atom. The molecule has 0 saturated carbocycles. The van der Waals surface area contributed by atoms with Crippen molar-refractivity contribution in [2.24, 2.45) is 0 Å².